The van der Waals surface area contributed by atoms with Gasteiger partial charge < -0.3 is 10.6 Å². The highest BCUT2D eigenvalue weighted by molar-refractivity contribution is 5.93. The van der Waals surface area contributed by atoms with Gasteiger partial charge in [0.15, 0.2) is 0 Å². The molecule has 0 radical (unpaired) electrons. The standard InChI is InChI=1S/C17H17F3N2O/c1-10-15(20)4-3-5-16(10)22-17(23)9-21-11(2)12-6-13(18)8-14(19)7-12/h3-8,11,21H,9H2,1-2H3,(H,22,23)/t11-/m1/s1. The van der Waals surface area contributed by atoms with Crippen LogP contribution in [-0.2, 0) is 4.79 Å². The lowest BCUT2D eigenvalue weighted by atomic mass is 10.1. The van der Waals surface area contributed by atoms with Crippen molar-refractivity contribution in [3.05, 3.63) is 65.0 Å². The number of amides is 1. The summed E-state index contributed by atoms with van der Waals surface area (Å²) in [6, 6.07) is 7.19. The molecule has 2 aromatic carbocycles. The van der Waals surface area contributed by atoms with Crippen LogP contribution in [0.5, 0.6) is 0 Å². The summed E-state index contributed by atoms with van der Waals surface area (Å²) in [6.45, 7) is 3.18. The zero-order valence-electron chi connectivity index (χ0n) is 12.8. The molecule has 0 saturated heterocycles. The smallest absolute Gasteiger partial charge is 0.238 e. The van der Waals surface area contributed by atoms with Crippen LogP contribution in [0.2, 0.25) is 0 Å². The van der Waals surface area contributed by atoms with Crippen molar-refractivity contribution in [1.82, 2.24) is 5.32 Å². The Hall–Kier alpha value is -2.34. The number of hydrogen-bond donors (Lipinski definition) is 2. The van der Waals surface area contributed by atoms with E-state index in [0.29, 0.717) is 16.8 Å². The second-order valence-electron chi connectivity index (χ2n) is 5.27. The van der Waals surface area contributed by atoms with Crippen LogP contribution in [0.1, 0.15) is 24.1 Å². The van der Waals surface area contributed by atoms with E-state index in [9.17, 15) is 18.0 Å². The average Bonchev–Trinajstić information content (AvgIpc) is 2.48. The SMILES string of the molecule is Cc1c(F)cccc1NC(=O)CN[C@H](C)c1cc(F)cc(F)c1. The summed E-state index contributed by atoms with van der Waals surface area (Å²) in [5, 5.41) is 5.46. The van der Waals surface area contributed by atoms with Crippen molar-refractivity contribution in [2.24, 2.45) is 0 Å². The van der Waals surface area contributed by atoms with E-state index in [4.69, 9.17) is 0 Å². The maximum Gasteiger partial charge on any atom is 0.238 e. The minimum Gasteiger partial charge on any atom is -0.325 e. The lowest BCUT2D eigenvalue weighted by molar-refractivity contribution is -0.115. The van der Waals surface area contributed by atoms with E-state index >= 15 is 0 Å². The van der Waals surface area contributed by atoms with E-state index in [-0.39, 0.29) is 12.5 Å². The molecule has 2 N–H and O–H groups in total. The van der Waals surface area contributed by atoms with Crippen molar-refractivity contribution in [1.29, 1.82) is 0 Å². The number of nitrogens with one attached hydrogen (secondary N) is 2. The van der Waals surface area contributed by atoms with E-state index in [2.05, 4.69) is 10.6 Å². The molecule has 0 aliphatic rings. The van der Waals surface area contributed by atoms with Gasteiger partial charge in [0.1, 0.15) is 17.5 Å². The largest absolute Gasteiger partial charge is 0.325 e. The maximum atomic E-state index is 13.4. The number of rotatable bonds is 5. The Morgan fingerprint density at radius 1 is 1.13 bits per heavy atom. The molecule has 3 nitrogen and oxygen atoms in total. The molecule has 0 unspecified atom stereocenters. The van der Waals surface area contributed by atoms with Crippen molar-refractivity contribution in [2.45, 2.75) is 19.9 Å². The van der Waals surface area contributed by atoms with Crippen molar-refractivity contribution in [3.63, 3.8) is 0 Å². The van der Waals surface area contributed by atoms with Gasteiger partial charge in [-0.1, -0.05) is 6.07 Å². The summed E-state index contributed by atoms with van der Waals surface area (Å²) in [6.07, 6.45) is 0. The van der Waals surface area contributed by atoms with Gasteiger partial charge >= 0.3 is 0 Å². The third-order valence-corrected chi connectivity index (χ3v) is 3.50. The van der Waals surface area contributed by atoms with Crippen LogP contribution < -0.4 is 10.6 Å². The minimum absolute atomic E-state index is 0.0742. The number of hydrogen-bond acceptors (Lipinski definition) is 2. The maximum absolute atomic E-state index is 13.4. The first-order chi connectivity index (χ1) is 10.9. The highest BCUT2D eigenvalue weighted by Crippen LogP contribution is 2.18. The van der Waals surface area contributed by atoms with Gasteiger partial charge in [-0.05, 0) is 43.7 Å². The number of carbonyl (C=O) groups is 1. The fraction of sp³-hybridized carbons (Fsp3) is 0.235. The van der Waals surface area contributed by atoms with Gasteiger partial charge in [-0.2, -0.15) is 0 Å². The Morgan fingerprint density at radius 2 is 1.78 bits per heavy atom. The molecule has 0 heterocycles. The van der Waals surface area contributed by atoms with Crippen molar-refractivity contribution >= 4 is 11.6 Å². The van der Waals surface area contributed by atoms with Crippen LogP contribution >= 0.6 is 0 Å². The van der Waals surface area contributed by atoms with E-state index in [1.165, 1.54) is 24.3 Å². The molecule has 0 spiro atoms. The second kappa shape index (κ2) is 7.28. The number of benzene rings is 2. The quantitative estimate of drug-likeness (QED) is 0.881. The molecule has 0 fully saturated rings. The van der Waals surface area contributed by atoms with Gasteiger partial charge in [0.05, 0.1) is 6.54 Å². The summed E-state index contributed by atoms with van der Waals surface area (Å²) in [7, 11) is 0. The Labute approximate surface area is 132 Å². The van der Waals surface area contributed by atoms with E-state index in [1.807, 2.05) is 0 Å². The lowest BCUT2D eigenvalue weighted by Crippen LogP contribution is -2.30. The molecule has 1 amide bonds. The summed E-state index contributed by atoms with van der Waals surface area (Å²) >= 11 is 0. The molecule has 122 valence electrons. The molecule has 2 rings (SSSR count). The molecule has 2 aromatic rings. The molecule has 0 saturated carbocycles. The van der Waals surface area contributed by atoms with Gasteiger partial charge in [-0.15, -0.1) is 0 Å². The van der Waals surface area contributed by atoms with Gasteiger partial charge in [0.2, 0.25) is 5.91 Å². The molecular formula is C17H17F3N2O. The molecule has 23 heavy (non-hydrogen) atoms. The van der Waals surface area contributed by atoms with E-state index < -0.39 is 23.5 Å². The summed E-state index contributed by atoms with van der Waals surface area (Å²) in [5.41, 5.74) is 1.14. The monoisotopic (exact) mass is 322 g/mol. The molecule has 0 aliphatic heterocycles. The molecule has 6 heteroatoms. The Kier molecular flexibility index (Phi) is 5.39. The number of anilines is 1. The normalized spacial score (nSPS) is 12.0. The van der Waals surface area contributed by atoms with Crippen LogP contribution in [0.3, 0.4) is 0 Å². The fourth-order valence-corrected chi connectivity index (χ4v) is 2.13. The van der Waals surface area contributed by atoms with Crippen LogP contribution in [0.4, 0.5) is 18.9 Å². The van der Waals surface area contributed by atoms with Crippen LogP contribution in [0.15, 0.2) is 36.4 Å². The third kappa shape index (κ3) is 4.56. The topological polar surface area (TPSA) is 41.1 Å². The third-order valence-electron chi connectivity index (χ3n) is 3.50. The minimum atomic E-state index is -0.673. The van der Waals surface area contributed by atoms with Gasteiger partial charge in [0, 0.05) is 23.4 Å². The van der Waals surface area contributed by atoms with Crippen molar-refractivity contribution < 1.29 is 18.0 Å². The summed E-state index contributed by atoms with van der Waals surface area (Å²) < 4.78 is 39.8. The lowest BCUT2D eigenvalue weighted by Gasteiger charge is -2.15. The van der Waals surface area contributed by atoms with Crippen LogP contribution in [0.25, 0.3) is 0 Å². The predicted molar refractivity (Wildman–Crippen MR) is 82.5 cm³/mol. The Bertz CT molecular complexity index is 699. The van der Waals surface area contributed by atoms with Crippen LogP contribution in [0, 0.1) is 24.4 Å². The zero-order chi connectivity index (χ0) is 17.0. The Morgan fingerprint density at radius 3 is 2.43 bits per heavy atom. The van der Waals surface area contributed by atoms with Crippen molar-refractivity contribution in [3.8, 4) is 0 Å². The Balaban J connectivity index is 1.94. The first-order valence-corrected chi connectivity index (χ1v) is 7.11. The summed E-state index contributed by atoms with van der Waals surface area (Å²) in [4.78, 5) is 11.9. The molecule has 1 atom stereocenters. The first-order valence-electron chi connectivity index (χ1n) is 7.11. The number of halogens is 3. The summed E-state index contributed by atoms with van der Waals surface area (Å²) in [5.74, 6) is -2.12. The molecular weight excluding hydrogens is 305 g/mol. The van der Waals surface area contributed by atoms with E-state index in [0.717, 1.165) is 6.07 Å². The zero-order valence-corrected chi connectivity index (χ0v) is 12.8. The first kappa shape index (κ1) is 17.0. The molecule has 0 aromatic heterocycles. The highest BCUT2D eigenvalue weighted by Gasteiger charge is 2.11. The average molecular weight is 322 g/mol. The molecule has 0 aliphatic carbocycles. The van der Waals surface area contributed by atoms with Gasteiger partial charge in [-0.3, -0.25) is 4.79 Å². The predicted octanol–water partition coefficient (Wildman–Crippen LogP) is 3.70. The van der Waals surface area contributed by atoms with E-state index in [1.54, 1.807) is 19.9 Å². The highest BCUT2D eigenvalue weighted by atomic mass is 19.1. The van der Waals surface area contributed by atoms with Crippen molar-refractivity contribution in [2.75, 3.05) is 11.9 Å². The number of carbonyl (C=O) groups excluding carboxylic acids is 1. The van der Waals surface area contributed by atoms with Crippen LogP contribution in [-0.4, -0.2) is 12.5 Å². The fourth-order valence-electron chi connectivity index (χ4n) is 2.13. The second-order valence-corrected chi connectivity index (χ2v) is 5.27. The molecule has 0 bridgehead atoms. The van der Waals surface area contributed by atoms with Gasteiger partial charge in [-0.25, -0.2) is 13.2 Å². The van der Waals surface area contributed by atoms with Gasteiger partial charge in [0.25, 0.3) is 0 Å².